The smallest absolute Gasteiger partial charge is 0.0543 e. The minimum atomic E-state index is -0.0554. The van der Waals surface area contributed by atoms with E-state index in [-0.39, 0.29) is 5.41 Å². The Morgan fingerprint density at radius 3 is 1.51 bits per heavy atom. The Hall–Kier alpha value is -6.06. The van der Waals surface area contributed by atoms with E-state index >= 15 is 0 Å². The zero-order chi connectivity index (χ0) is 33.4. The summed E-state index contributed by atoms with van der Waals surface area (Å²) < 4.78 is 2.36. The van der Waals surface area contributed by atoms with Crippen molar-refractivity contribution >= 4 is 44.6 Å². The molecule has 0 unspecified atom stereocenters. The first-order valence-electron chi connectivity index (χ1n) is 16.9. The van der Waals surface area contributed by atoms with E-state index in [9.17, 15) is 0 Å². The number of nitrogens with one attached hydrogen (secondary N) is 2. The zero-order valence-electron chi connectivity index (χ0n) is 28.1. The standard InChI is InChI=1S/C46H39N3/c1-46(2,3)34-28-36(47-35-20-14-21-38(31-35)49-43-26-12-10-22-41(43)42-23-11-13-27-44(42)49)30-37(29-34)48-45-39(32-16-6-4-7-17-32)24-15-25-40(45)33-18-8-5-9-19-33/h4-31,47-48H,1-3H3. The Bertz CT molecular complexity index is 2300. The van der Waals surface area contributed by atoms with E-state index in [0.29, 0.717) is 0 Å². The van der Waals surface area contributed by atoms with Gasteiger partial charge in [-0.15, -0.1) is 0 Å². The van der Waals surface area contributed by atoms with Crippen molar-refractivity contribution in [3.63, 3.8) is 0 Å². The maximum atomic E-state index is 3.91. The minimum Gasteiger partial charge on any atom is -0.355 e. The van der Waals surface area contributed by atoms with Crippen molar-refractivity contribution in [2.24, 2.45) is 0 Å². The number of nitrogens with zero attached hydrogens (tertiary/aromatic N) is 1. The Balaban J connectivity index is 1.21. The average Bonchev–Trinajstić information content (AvgIpc) is 3.47. The molecule has 3 nitrogen and oxygen atoms in total. The van der Waals surface area contributed by atoms with Crippen LogP contribution in [-0.4, -0.2) is 4.57 Å². The summed E-state index contributed by atoms with van der Waals surface area (Å²) in [5.74, 6) is 0. The van der Waals surface area contributed by atoms with Gasteiger partial charge in [0.05, 0.1) is 16.7 Å². The summed E-state index contributed by atoms with van der Waals surface area (Å²) in [6, 6.07) is 60.6. The lowest BCUT2D eigenvalue weighted by Gasteiger charge is -2.24. The summed E-state index contributed by atoms with van der Waals surface area (Å²) in [4.78, 5) is 0. The molecule has 0 saturated heterocycles. The summed E-state index contributed by atoms with van der Waals surface area (Å²) in [7, 11) is 0. The molecule has 0 aliphatic rings. The third-order valence-corrected chi connectivity index (χ3v) is 9.28. The third-order valence-electron chi connectivity index (χ3n) is 9.28. The molecule has 49 heavy (non-hydrogen) atoms. The molecule has 2 N–H and O–H groups in total. The van der Waals surface area contributed by atoms with Crippen molar-refractivity contribution in [2.45, 2.75) is 26.2 Å². The summed E-state index contributed by atoms with van der Waals surface area (Å²) >= 11 is 0. The van der Waals surface area contributed by atoms with E-state index in [4.69, 9.17) is 0 Å². The summed E-state index contributed by atoms with van der Waals surface area (Å²) in [5, 5.41) is 10.2. The van der Waals surface area contributed by atoms with Gasteiger partial charge in [0, 0.05) is 44.6 Å². The molecule has 7 aromatic carbocycles. The van der Waals surface area contributed by atoms with Crippen LogP contribution in [0.25, 0.3) is 49.7 Å². The zero-order valence-corrected chi connectivity index (χ0v) is 28.1. The number of rotatable bonds is 7. The molecule has 0 fully saturated rings. The van der Waals surface area contributed by atoms with E-state index in [1.165, 1.54) is 38.5 Å². The largest absolute Gasteiger partial charge is 0.355 e. The van der Waals surface area contributed by atoms with Gasteiger partial charge in [0.1, 0.15) is 0 Å². The van der Waals surface area contributed by atoms with Gasteiger partial charge in [-0.1, -0.05) is 142 Å². The number of anilines is 4. The van der Waals surface area contributed by atoms with Gasteiger partial charge in [0.25, 0.3) is 0 Å². The predicted molar refractivity (Wildman–Crippen MR) is 210 cm³/mol. The van der Waals surface area contributed by atoms with Crippen molar-refractivity contribution in [1.82, 2.24) is 4.57 Å². The molecule has 1 heterocycles. The number of hydrogen-bond acceptors (Lipinski definition) is 2. The van der Waals surface area contributed by atoms with E-state index in [0.717, 1.165) is 39.6 Å². The highest BCUT2D eigenvalue weighted by Crippen LogP contribution is 2.41. The van der Waals surface area contributed by atoms with Crippen LogP contribution in [0.3, 0.4) is 0 Å². The van der Waals surface area contributed by atoms with Crippen LogP contribution in [0, 0.1) is 0 Å². The molecule has 0 spiro atoms. The normalized spacial score (nSPS) is 11.6. The summed E-state index contributed by atoms with van der Waals surface area (Å²) in [6.07, 6.45) is 0. The van der Waals surface area contributed by atoms with Gasteiger partial charge < -0.3 is 15.2 Å². The molecule has 0 aliphatic carbocycles. The number of para-hydroxylation sites is 3. The highest BCUT2D eigenvalue weighted by molar-refractivity contribution is 6.09. The Morgan fingerprint density at radius 1 is 0.429 bits per heavy atom. The predicted octanol–water partition coefficient (Wildman–Crippen LogP) is 12.9. The van der Waals surface area contributed by atoms with E-state index < -0.39 is 0 Å². The summed E-state index contributed by atoms with van der Waals surface area (Å²) in [6.45, 7) is 6.81. The lowest BCUT2D eigenvalue weighted by Crippen LogP contribution is -2.12. The monoisotopic (exact) mass is 633 g/mol. The van der Waals surface area contributed by atoms with Crippen molar-refractivity contribution in [3.8, 4) is 27.9 Å². The van der Waals surface area contributed by atoms with Gasteiger partial charge in [-0.3, -0.25) is 0 Å². The van der Waals surface area contributed by atoms with Crippen molar-refractivity contribution < 1.29 is 0 Å². The first kappa shape index (κ1) is 30.3. The first-order chi connectivity index (χ1) is 23.9. The fourth-order valence-corrected chi connectivity index (χ4v) is 6.84. The molecule has 0 radical (unpaired) electrons. The molecule has 238 valence electrons. The van der Waals surface area contributed by atoms with Crippen LogP contribution in [0.1, 0.15) is 26.3 Å². The lowest BCUT2D eigenvalue weighted by atomic mass is 9.86. The maximum Gasteiger partial charge on any atom is 0.0543 e. The fourth-order valence-electron chi connectivity index (χ4n) is 6.84. The molecular weight excluding hydrogens is 595 g/mol. The van der Waals surface area contributed by atoms with Crippen LogP contribution < -0.4 is 10.6 Å². The van der Waals surface area contributed by atoms with E-state index in [2.05, 4.69) is 206 Å². The topological polar surface area (TPSA) is 29.0 Å². The van der Waals surface area contributed by atoms with Crippen LogP contribution in [0.15, 0.2) is 170 Å². The third kappa shape index (κ3) is 5.96. The average molecular weight is 634 g/mol. The van der Waals surface area contributed by atoms with Gasteiger partial charge in [0.2, 0.25) is 0 Å². The SMILES string of the molecule is CC(C)(C)c1cc(Nc2cccc(-n3c4ccccc4c4ccccc43)c2)cc(Nc2c(-c3ccccc3)cccc2-c2ccccc2)c1. The van der Waals surface area contributed by atoms with Gasteiger partial charge in [-0.25, -0.2) is 0 Å². The fraction of sp³-hybridized carbons (Fsp3) is 0.0870. The number of benzene rings is 7. The van der Waals surface area contributed by atoms with Gasteiger partial charge in [0.15, 0.2) is 0 Å². The highest BCUT2D eigenvalue weighted by Gasteiger charge is 2.18. The number of hydrogen-bond donors (Lipinski definition) is 2. The van der Waals surface area contributed by atoms with Crippen LogP contribution in [0.2, 0.25) is 0 Å². The van der Waals surface area contributed by atoms with Crippen molar-refractivity contribution in [3.05, 3.63) is 175 Å². The first-order valence-corrected chi connectivity index (χ1v) is 16.9. The second kappa shape index (κ2) is 12.5. The van der Waals surface area contributed by atoms with Gasteiger partial charge in [-0.2, -0.15) is 0 Å². The van der Waals surface area contributed by atoms with Crippen LogP contribution in [0.4, 0.5) is 22.7 Å². The van der Waals surface area contributed by atoms with Crippen LogP contribution in [-0.2, 0) is 5.41 Å². The molecule has 0 atom stereocenters. The lowest BCUT2D eigenvalue weighted by molar-refractivity contribution is 0.591. The van der Waals surface area contributed by atoms with Crippen LogP contribution >= 0.6 is 0 Å². The molecule has 1 aromatic heterocycles. The highest BCUT2D eigenvalue weighted by atomic mass is 15.0. The number of fused-ring (bicyclic) bond motifs is 3. The molecule has 0 bridgehead atoms. The quantitative estimate of drug-likeness (QED) is 0.183. The molecule has 8 aromatic rings. The Morgan fingerprint density at radius 2 is 0.939 bits per heavy atom. The Labute approximate surface area is 288 Å². The van der Waals surface area contributed by atoms with Gasteiger partial charge >= 0.3 is 0 Å². The van der Waals surface area contributed by atoms with Crippen molar-refractivity contribution in [1.29, 1.82) is 0 Å². The Kier molecular flexibility index (Phi) is 7.74. The molecule has 0 amide bonds. The molecule has 0 saturated carbocycles. The molecule has 0 aliphatic heterocycles. The second-order valence-corrected chi connectivity index (χ2v) is 13.7. The van der Waals surface area contributed by atoms with Crippen molar-refractivity contribution in [2.75, 3.05) is 10.6 Å². The van der Waals surface area contributed by atoms with E-state index in [1.807, 2.05) is 0 Å². The molecule has 3 heteroatoms. The number of aromatic nitrogens is 1. The van der Waals surface area contributed by atoms with Crippen LogP contribution in [0.5, 0.6) is 0 Å². The second-order valence-electron chi connectivity index (χ2n) is 13.7. The maximum absolute atomic E-state index is 3.91. The van der Waals surface area contributed by atoms with Gasteiger partial charge in [-0.05, 0) is 70.6 Å². The molecular formula is C46H39N3. The summed E-state index contributed by atoms with van der Waals surface area (Å²) in [5.41, 5.74) is 13.6. The molecule has 8 rings (SSSR count). The van der Waals surface area contributed by atoms with E-state index in [1.54, 1.807) is 0 Å². The minimum absolute atomic E-state index is 0.0554.